The maximum atomic E-state index is 12.8. The second-order valence-electron chi connectivity index (χ2n) is 4.28. The molecule has 0 fully saturated rings. The van der Waals surface area contributed by atoms with Crippen LogP contribution in [-0.4, -0.2) is 27.0 Å². The van der Waals surface area contributed by atoms with Gasteiger partial charge in [-0.2, -0.15) is 0 Å². The van der Waals surface area contributed by atoms with E-state index in [1.807, 2.05) is 49.4 Å². The molecule has 0 radical (unpaired) electrons. The van der Waals surface area contributed by atoms with Crippen molar-refractivity contribution in [3.05, 3.63) is 47.4 Å². The van der Waals surface area contributed by atoms with Gasteiger partial charge in [0.05, 0.1) is 9.71 Å². The second-order valence-corrected chi connectivity index (χ2v) is 6.50. The third-order valence-electron chi connectivity index (χ3n) is 2.72. The molecule has 17 heavy (non-hydrogen) atoms. The fraction of sp³-hybridized carbons (Fsp3) is 0.357. The first-order valence-electron chi connectivity index (χ1n) is 5.70. The summed E-state index contributed by atoms with van der Waals surface area (Å²) in [5.74, 6) is 3.92. The zero-order valence-corrected chi connectivity index (χ0v) is 11.7. The summed E-state index contributed by atoms with van der Waals surface area (Å²) in [7, 11) is -2.39. The van der Waals surface area contributed by atoms with Gasteiger partial charge in [-0.25, -0.2) is 8.51 Å². The molecule has 3 heteroatoms. The highest BCUT2D eigenvalue weighted by atomic mass is 32.2. The van der Waals surface area contributed by atoms with Crippen LogP contribution in [0.3, 0.4) is 0 Å². The molecule has 2 unspecified atom stereocenters. The molecule has 1 aliphatic rings. The van der Waals surface area contributed by atoms with Gasteiger partial charge in [0.15, 0.2) is 0 Å². The lowest BCUT2D eigenvalue weighted by molar-refractivity contribution is 0.469. The van der Waals surface area contributed by atoms with Crippen LogP contribution in [0.25, 0.3) is 0 Å². The monoisotopic (exact) mass is 251 g/mol. The lowest BCUT2D eigenvalue weighted by atomic mass is 10.3. The molecule has 0 saturated heterocycles. The smallest absolute Gasteiger partial charge is 0.0563 e. The Morgan fingerprint density at radius 1 is 1.53 bits per heavy atom. The molecule has 94 valence electrons. The highest BCUT2D eigenvalue weighted by Crippen LogP contribution is 2.21. The lowest BCUT2D eigenvalue weighted by Crippen LogP contribution is -2.34. The van der Waals surface area contributed by atoms with Crippen molar-refractivity contribution in [2.45, 2.75) is 26.8 Å². The van der Waals surface area contributed by atoms with Crippen LogP contribution < -0.4 is 0 Å². The van der Waals surface area contributed by atoms with Gasteiger partial charge < -0.3 is 0 Å². The van der Waals surface area contributed by atoms with E-state index in [0.717, 1.165) is 10.5 Å². The summed E-state index contributed by atoms with van der Waals surface area (Å²) >= 11 is 0. The highest BCUT2D eigenvalue weighted by Gasteiger charge is 2.24. The van der Waals surface area contributed by atoms with E-state index < -0.39 is 9.71 Å². The zero-order valence-electron chi connectivity index (χ0n) is 10.8. The van der Waals surface area contributed by atoms with E-state index in [4.69, 9.17) is 0 Å². The molecule has 0 aromatic carbocycles. The Hall–Kier alpha value is -1.06. The molecular weight excluding hydrogens is 230 g/mol. The second kappa shape index (κ2) is 5.52. The topological polar surface area (TPSA) is 20.3 Å². The van der Waals surface area contributed by atoms with Crippen LogP contribution in [0.15, 0.2) is 47.4 Å². The van der Waals surface area contributed by atoms with Crippen molar-refractivity contribution in [2.24, 2.45) is 0 Å². The molecule has 0 aliphatic carbocycles. The molecule has 2 nitrogen and oxygen atoms in total. The number of hydrogen-bond acceptors (Lipinski definition) is 1. The lowest BCUT2D eigenvalue weighted by Gasteiger charge is -2.26. The molecule has 1 aliphatic heterocycles. The standard InChI is InChI=1S/C14H21NOS/c1-6-14(10-9-12(2)3)17(5,16)15-11-7-8-13(15)4/h6-10,13H,2,5,11H2,1,3-4H3/b10-9-,14-6?. The summed E-state index contributed by atoms with van der Waals surface area (Å²) in [6, 6.07) is 0.174. The molecule has 0 N–H and O–H groups in total. The van der Waals surface area contributed by atoms with Gasteiger partial charge in [-0.3, -0.25) is 0 Å². The van der Waals surface area contributed by atoms with Crippen LogP contribution in [0.4, 0.5) is 0 Å². The molecule has 0 saturated carbocycles. The van der Waals surface area contributed by atoms with Gasteiger partial charge in [0.1, 0.15) is 0 Å². The van der Waals surface area contributed by atoms with Gasteiger partial charge in [0, 0.05) is 17.5 Å². The SMILES string of the molecule is C=C(C)/C=C\C(=CC)S(=C)(=O)N1CC=CC1C. The van der Waals surface area contributed by atoms with Gasteiger partial charge in [0.2, 0.25) is 0 Å². The third-order valence-corrected chi connectivity index (χ3v) is 5.07. The third kappa shape index (κ3) is 3.20. The Kier molecular flexibility index (Phi) is 4.54. The van der Waals surface area contributed by atoms with Crippen molar-refractivity contribution in [3.63, 3.8) is 0 Å². The van der Waals surface area contributed by atoms with Gasteiger partial charge in [-0.15, -0.1) is 0 Å². The molecule has 2 atom stereocenters. The van der Waals surface area contributed by atoms with Crippen LogP contribution in [0.5, 0.6) is 0 Å². The predicted molar refractivity (Wildman–Crippen MR) is 78.3 cm³/mol. The van der Waals surface area contributed by atoms with Crippen LogP contribution in [-0.2, 0) is 9.71 Å². The molecule has 0 spiro atoms. The van der Waals surface area contributed by atoms with Crippen molar-refractivity contribution in [2.75, 3.05) is 6.54 Å². The van der Waals surface area contributed by atoms with Crippen molar-refractivity contribution in [1.29, 1.82) is 0 Å². The maximum absolute atomic E-state index is 12.8. The summed E-state index contributed by atoms with van der Waals surface area (Å²) in [5.41, 5.74) is 0.937. The number of hydrogen-bond donors (Lipinski definition) is 0. The van der Waals surface area contributed by atoms with E-state index in [9.17, 15) is 4.21 Å². The Morgan fingerprint density at radius 2 is 2.18 bits per heavy atom. The molecule has 0 aromatic rings. The van der Waals surface area contributed by atoms with E-state index in [0.29, 0.717) is 6.54 Å². The minimum atomic E-state index is -2.39. The molecule has 0 aromatic heterocycles. The number of allylic oxidation sites excluding steroid dienone is 4. The first-order chi connectivity index (χ1) is 7.89. The van der Waals surface area contributed by atoms with Crippen LogP contribution in [0.2, 0.25) is 0 Å². The summed E-state index contributed by atoms with van der Waals surface area (Å²) in [5, 5.41) is 0. The Morgan fingerprint density at radius 3 is 2.59 bits per heavy atom. The van der Waals surface area contributed by atoms with Crippen molar-refractivity contribution < 1.29 is 4.21 Å². The maximum Gasteiger partial charge on any atom is 0.0563 e. The average molecular weight is 251 g/mol. The number of nitrogens with zero attached hydrogens (tertiary/aromatic N) is 1. The van der Waals surface area contributed by atoms with Crippen molar-refractivity contribution in [3.8, 4) is 0 Å². The molecule has 1 rings (SSSR count). The van der Waals surface area contributed by atoms with E-state index in [1.165, 1.54) is 0 Å². The Bertz CT molecular complexity index is 480. The number of rotatable bonds is 4. The van der Waals surface area contributed by atoms with E-state index in [1.54, 1.807) is 0 Å². The first kappa shape index (κ1) is 14.0. The van der Waals surface area contributed by atoms with Gasteiger partial charge in [-0.1, -0.05) is 36.5 Å². The molecule has 0 bridgehead atoms. The van der Waals surface area contributed by atoms with Crippen molar-refractivity contribution in [1.82, 2.24) is 4.31 Å². The highest BCUT2D eigenvalue weighted by molar-refractivity contribution is 8.02. The molecular formula is C14H21NOS. The van der Waals surface area contributed by atoms with E-state index >= 15 is 0 Å². The van der Waals surface area contributed by atoms with Gasteiger partial charge in [-0.05, 0) is 32.7 Å². The summed E-state index contributed by atoms with van der Waals surface area (Å²) in [6.07, 6.45) is 9.67. The van der Waals surface area contributed by atoms with Crippen LogP contribution in [0, 0.1) is 0 Å². The largest absolute Gasteiger partial charge is 0.248 e. The molecule has 0 amide bonds. The average Bonchev–Trinajstić information content (AvgIpc) is 2.65. The van der Waals surface area contributed by atoms with Crippen molar-refractivity contribution >= 4 is 15.6 Å². The zero-order chi connectivity index (χ0) is 13.1. The van der Waals surface area contributed by atoms with Gasteiger partial charge >= 0.3 is 0 Å². The fourth-order valence-corrected chi connectivity index (χ4v) is 3.61. The summed E-state index contributed by atoms with van der Waals surface area (Å²) < 4.78 is 14.7. The minimum absolute atomic E-state index is 0.174. The summed E-state index contributed by atoms with van der Waals surface area (Å²) in [4.78, 5) is 0.760. The van der Waals surface area contributed by atoms with E-state index in [-0.39, 0.29) is 6.04 Å². The summed E-state index contributed by atoms with van der Waals surface area (Å²) in [6.45, 7) is 10.3. The van der Waals surface area contributed by atoms with Gasteiger partial charge in [0.25, 0.3) is 0 Å². The van der Waals surface area contributed by atoms with Crippen LogP contribution >= 0.6 is 0 Å². The van der Waals surface area contributed by atoms with E-state index in [2.05, 4.69) is 18.5 Å². The molecule has 1 heterocycles. The van der Waals surface area contributed by atoms with Crippen LogP contribution in [0.1, 0.15) is 20.8 Å². The minimum Gasteiger partial charge on any atom is -0.248 e. The normalized spacial score (nSPS) is 25.4. The predicted octanol–water partition coefficient (Wildman–Crippen LogP) is 2.91. The Labute approximate surface area is 105 Å². The quantitative estimate of drug-likeness (QED) is 0.427. The first-order valence-corrected chi connectivity index (χ1v) is 7.38. The fourth-order valence-electron chi connectivity index (χ4n) is 1.76. The Balaban J connectivity index is 3.00.